The fraction of sp³-hybridized carbons (Fsp3) is 0.312. The molecule has 1 saturated heterocycles. The minimum absolute atomic E-state index is 0.0504. The molecule has 1 N–H and O–H groups in total. The zero-order chi connectivity index (χ0) is 18.7. The standard InChI is InChI=1S/C16H14Cl2N2O6/c17-14(18)15(21)19-11-8-25-16(12-2-1-7-24-12)26-13(11)9-3-5-10(6-4-9)20(22)23/h1-7,11,13-14,16H,8H2,(H,19,21)/t11-,13-,16+/m0/s1. The Morgan fingerprint density at radius 2 is 2.00 bits per heavy atom. The van der Waals surface area contributed by atoms with E-state index in [-0.39, 0.29) is 12.3 Å². The van der Waals surface area contributed by atoms with Crippen LogP contribution in [0.1, 0.15) is 23.7 Å². The number of non-ortho nitro benzene ring substituents is 1. The maximum Gasteiger partial charge on any atom is 0.269 e. The molecule has 1 amide bonds. The number of furan rings is 1. The number of hydrogen-bond acceptors (Lipinski definition) is 6. The van der Waals surface area contributed by atoms with Crippen LogP contribution in [0.5, 0.6) is 0 Å². The number of hydrogen-bond donors (Lipinski definition) is 1. The summed E-state index contributed by atoms with van der Waals surface area (Å²) in [4.78, 5) is 20.9. The molecule has 1 aliphatic heterocycles. The van der Waals surface area contributed by atoms with Gasteiger partial charge in [-0.3, -0.25) is 14.9 Å². The molecule has 0 unspecified atom stereocenters. The Morgan fingerprint density at radius 1 is 1.27 bits per heavy atom. The fourth-order valence-electron chi connectivity index (χ4n) is 2.58. The van der Waals surface area contributed by atoms with Crippen LogP contribution < -0.4 is 5.32 Å². The molecule has 10 heteroatoms. The van der Waals surface area contributed by atoms with Crippen LogP contribution in [0.2, 0.25) is 0 Å². The molecule has 0 aliphatic carbocycles. The summed E-state index contributed by atoms with van der Waals surface area (Å²) in [5.41, 5.74) is 0.576. The third-order valence-corrected chi connectivity index (χ3v) is 4.19. The molecule has 0 radical (unpaired) electrons. The van der Waals surface area contributed by atoms with Crippen LogP contribution >= 0.6 is 23.2 Å². The van der Waals surface area contributed by atoms with E-state index in [4.69, 9.17) is 37.1 Å². The maximum atomic E-state index is 11.8. The van der Waals surface area contributed by atoms with Crippen molar-refractivity contribution in [1.82, 2.24) is 5.32 Å². The number of amides is 1. The summed E-state index contributed by atoms with van der Waals surface area (Å²) in [7, 11) is 0. The van der Waals surface area contributed by atoms with E-state index in [1.165, 1.54) is 18.4 Å². The topological polar surface area (TPSA) is 104 Å². The highest BCUT2D eigenvalue weighted by atomic mass is 35.5. The van der Waals surface area contributed by atoms with Crippen LogP contribution in [-0.4, -0.2) is 28.3 Å². The molecule has 0 spiro atoms. The Bertz CT molecular complexity index is 766. The molecule has 1 fully saturated rings. The van der Waals surface area contributed by atoms with Crippen LogP contribution in [0.25, 0.3) is 0 Å². The predicted octanol–water partition coefficient (Wildman–Crippen LogP) is 3.26. The number of nitrogens with one attached hydrogen (secondary N) is 1. The lowest BCUT2D eigenvalue weighted by Gasteiger charge is -2.36. The largest absolute Gasteiger partial charge is 0.464 e. The summed E-state index contributed by atoms with van der Waals surface area (Å²) in [6.07, 6.45) is 0.0689. The number of carbonyl (C=O) groups is 1. The van der Waals surface area contributed by atoms with Gasteiger partial charge in [-0.15, -0.1) is 0 Å². The molecule has 3 atom stereocenters. The van der Waals surface area contributed by atoms with E-state index in [2.05, 4.69) is 5.32 Å². The van der Waals surface area contributed by atoms with Crippen LogP contribution in [-0.2, 0) is 14.3 Å². The van der Waals surface area contributed by atoms with Gasteiger partial charge in [0.1, 0.15) is 6.10 Å². The third-order valence-electron chi connectivity index (χ3n) is 3.80. The number of nitro benzene ring substituents is 1. The summed E-state index contributed by atoms with van der Waals surface area (Å²) in [6, 6.07) is 8.65. The first kappa shape index (κ1) is 18.7. The zero-order valence-electron chi connectivity index (χ0n) is 13.2. The monoisotopic (exact) mass is 400 g/mol. The first-order valence-corrected chi connectivity index (χ1v) is 8.46. The first-order valence-electron chi connectivity index (χ1n) is 7.59. The van der Waals surface area contributed by atoms with Gasteiger partial charge in [0.15, 0.2) is 10.6 Å². The Hall–Kier alpha value is -2.13. The summed E-state index contributed by atoms with van der Waals surface area (Å²) < 4.78 is 16.8. The van der Waals surface area contributed by atoms with Gasteiger partial charge in [-0.25, -0.2) is 0 Å². The predicted molar refractivity (Wildman–Crippen MR) is 91.7 cm³/mol. The molecule has 138 valence electrons. The SMILES string of the molecule is O=C(N[C@H]1CO[C@@H](c2ccco2)O[C@H]1c1ccc([N+](=O)[O-])cc1)C(Cl)Cl. The summed E-state index contributed by atoms with van der Waals surface area (Å²) in [5.74, 6) is -0.122. The molecule has 2 aromatic rings. The molecule has 1 aliphatic rings. The number of nitrogens with zero attached hydrogens (tertiary/aromatic N) is 1. The lowest BCUT2D eigenvalue weighted by Crippen LogP contribution is -2.48. The number of halogens is 2. The van der Waals surface area contributed by atoms with Gasteiger partial charge in [0.05, 0.1) is 23.8 Å². The number of ether oxygens (including phenoxy) is 2. The molecule has 3 rings (SSSR count). The Morgan fingerprint density at radius 3 is 2.58 bits per heavy atom. The van der Waals surface area contributed by atoms with Gasteiger partial charge in [0, 0.05) is 12.1 Å². The summed E-state index contributed by atoms with van der Waals surface area (Å²) in [5, 5.41) is 13.5. The molecule has 1 aromatic carbocycles. The highest BCUT2D eigenvalue weighted by molar-refractivity contribution is 6.53. The minimum atomic E-state index is -1.24. The number of benzene rings is 1. The lowest BCUT2D eigenvalue weighted by atomic mass is 10.0. The quantitative estimate of drug-likeness (QED) is 0.469. The molecule has 26 heavy (non-hydrogen) atoms. The molecule has 0 bridgehead atoms. The van der Waals surface area contributed by atoms with Crippen LogP contribution in [0.4, 0.5) is 5.69 Å². The maximum absolute atomic E-state index is 11.8. The average Bonchev–Trinajstić information content (AvgIpc) is 3.16. The van der Waals surface area contributed by atoms with E-state index in [0.29, 0.717) is 11.3 Å². The van der Waals surface area contributed by atoms with Gasteiger partial charge in [0.2, 0.25) is 6.29 Å². The van der Waals surface area contributed by atoms with Gasteiger partial charge in [-0.1, -0.05) is 23.2 Å². The lowest BCUT2D eigenvalue weighted by molar-refractivity contribution is -0.384. The Kier molecular flexibility index (Phi) is 5.77. The second kappa shape index (κ2) is 8.05. The van der Waals surface area contributed by atoms with Gasteiger partial charge in [0.25, 0.3) is 11.6 Å². The van der Waals surface area contributed by atoms with Crippen molar-refractivity contribution in [3.8, 4) is 0 Å². The van der Waals surface area contributed by atoms with Crippen LogP contribution in [0.15, 0.2) is 47.1 Å². The second-order valence-electron chi connectivity index (χ2n) is 5.50. The fourth-order valence-corrected chi connectivity index (χ4v) is 2.71. The number of rotatable bonds is 5. The van der Waals surface area contributed by atoms with E-state index >= 15 is 0 Å². The third kappa shape index (κ3) is 4.16. The van der Waals surface area contributed by atoms with Gasteiger partial charge in [-0.2, -0.15) is 0 Å². The number of nitro groups is 1. The molecule has 8 nitrogen and oxygen atoms in total. The van der Waals surface area contributed by atoms with Crippen molar-refractivity contribution >= 4 is 34.8 Å². The van der Waals surface area contributed by atoms with Crippen molar-refractivity contribution in [3.63, 3.8) is 0 Å². The van der Waals surface area contributed by atoms with E-state index in [1.54, 1.807) is 24.3 Å². The van der Waals surface area contributed by atoms with Gasteiger partial charge < -0.3 is 19.2 Å². The highest BCUT2D eigenvalue weighted by Gasteiger charge is 2.36. The first-order chi connectivity index (χ1) is 12.5. The van der Waals surface area contributed by atoms with Crippen LogP contribution in [0, 0.1) is 10.1 Å². The Balaban J connectivity index is 1.84. The van der Waals surface area contributed by atoms with Gasteiger partial charge >= 0.3 is 0 Å². The highest BCUT2D eigenvalue weighted by Crippen LogP contribution is 2.35. The molecule has 0 saturated carbocycles. The normalized spacial score (nSPS) is 23.0. The molecule has 2 heterocycles. The molecular formula is C16H14Cl2N2O6. The summed E-state index contributed by atoms with van der Waals surface area (Å²) in [6.45, 7) is 0.110. The smallest absolute Gasteiger partial charge is 0.269 e. The van der Waals surface area contributed by atoms with Gasteiger partial charge in [-0.05, 0) is 29.8 Å². The molecular weight excluding hydrogens is 387 g/mol. The van der Waals surface area contributed by atoms with Crippen molar-refractivity contribution in [2.24, 2.45) is 0 Å². The van der Waals surface area contributed by atoms with E-state index < -0.39 is 34.1 Å². The van der Waals surface area contributed by atoms with Crippen molar-refractivity contribution in [1.29, 1.82) is 0 Å². The van der Waals surface area contributed by atoms with Crippen molar-refractivity contribution in [3.05, 3.63) is 64.1 Å². The second-order valence-corrected chi connectivity index (χ2v) is 6.60. The van der Waals surface area contributed by atoms with E-state index in [0.717, 1.165) is 0 Å². The number of alkyl halides is 2. The van der Waals surface area contributed by atoms with E-state index in [9.17, 15) is 14.9 Å². The molecule has 1 aromatic heterocycles. The van der Waals surface area contributed by atoms with Crippen molar-refractivity contribution in [2.45, 2.75) is 23.3 Å². The average molecular weight is 401 g/mol. The number of carbonyl (C=O) groups excluding carboxylic acids is 1. The minimum Gasteiger partial charge on any atom is -0.464 e. The van der Waals surface area contributed by atoms with E-state index in [1.807, 2.05) is 0 Å². The zero-order valence-corrected chi connectivity index (χ0v) is 14.7. The van der Waals surface area contributed by atoms with Crippen molar-refractivity contribution < 1.29 is 23.6 Å². The van der Waals surface area contributed by atoms with Crippen molar-refractivity contribution in [2.75, 3.05) is 6.61 Å². The Labute approximate surface area is 158 Å². The van der Waals surface area contributed by atoms with Crippen LogP contribution in [0.3, 0.4) is 0 Å². The summed E-state index contributed by atoms with van der Waals surface area (Å²) >= 11 is 11.2.